The Morgan fingerprint density at radius 3 is 2.71 bits per heavy atom. The highest BCUT2D eigenvalue weighted by atomic mass is 16.5. The molecule has 0 spiro atoms. The summed E-state index contributed by atoms with van der Waals surface area (Å²) < 4.78 is 11.1. The van der Waals surface area contributed by atoms with Crippen LogP contribution in [0.15, 0.2) is 0 Å². The van der Waals surface area contributed by atoms with Crippen molar-refractivity contribution in [2.45, 2.75) is 64.7 Å². The Labute approximate surface area is 129 Å². The predicted octanol–water partition coefficient (Wildman–Crippen LogP) is 1.81. The molecule has 5 heteroatoms. The minimum atomic E-state index is -0.594. The first-order valence-corrected chi connectivity index (χ1v) is 7.99. The Morgan fingerprint density at radius 2 is 2.19 bits per heavy atom. The fourth-order valence-corrected chi connectivity index (χ4v) is 3.03. The van der Waals surface area contributed by atoms with E-state index in [0.29, 0.717) is 6.61 Å². The van der Waals surface area contributed by atoms with Crippen LogP contribution in [-0.4, -0.2) is 61.4 Å². The van der Waals surface area contributed by atoms with Crippen molar-refractivity contribution in [1.82, 2.24) is 10.2 Å². The van der Waals surface area contributed by atoms with Crippen molar-refractivity contribution < 1.29 is 14.3 Å². The number of hydrogen-bond donors (Lipinski definition) is 1. The number of carbonyl (C=O) groups is 1. The van der Waals surface area contributed by atoms with E-state index in [-0.39, 0.29) is 17.7 Å². The number of ether oxygens (including phenoxy) is 2. The fraction of sp³-hybridized carbons (Fsp3) is 0.938. The molecule has 1 aliphatic heterocycles. The van der Waals surface area contributed by atoms with E-state index in [0.717, 1.165) is 32.5 Å². The molecule has 1 heterocycles. The Balaban J connectivity index is 2.46. The summed E-state index contributed by atoms with van der Waals surface area (Å²) in [6.07, 6.45) is 1.99. The van der Waals surface area contributed by atoms with E-state index in [4.69, 9.17) is 9.47 Å². The van der Waals surface area contributed by atoms with Gasteiger partial charge < -0.3 is 14.8 Å². The zero-order valence-electron chi connectivity index (χ0n) is 14.5. The predicted molar refractivity (Wildman–Crippen MR) is 84.4 cm³/mol. The third kappa shape index (κ3) is 5.57. The summed E-state index contributed by atoms with van der Waals surface area (Å²) in [5.74, 6) is -0.164. The molecule has 2 atom stereocenters. The molecular weight excluding hydrogens is 268 g/mol. The molecule has 0 bridgehead atoms. The van der Waals surface area contributed by atoms with Crippen molar-refractivity contribution in [2.24, 2.45) is 0 Å². The lowest BCUT2D eigenvalue weighted by molar-refractivity contribution is -0.151. The van der Waals surface area contributed by atoms with Gasteiger partial charge in [0, 0.05) is 13.1 Å². The second-order valence-electron chi connectivity index (χ2n) is 6.83. The van der Waals surface area contributed by atoms with Crippen LogP contribution < -0.4 is 5.32 Å². The lowest BCUT2D eigenvalue weighted by Crippen LogP contribution is -2.53. The Bertz CT molecular complexity index is 346. The van der Waals surface area contributed by atoms with E-state index in [1.807, 2.05) is 20.9 Å². The van der Waals surface area contributed by atoms with Crippen LogP contribution in [0, 0.1) is 0 Å². The second-order valence-corrected chi connectivity index (χ2v) is 6.83. The molecule has 5 nitrogen and oxygen atoms in total. The van der Waals surface area contributed by atoms with Gasteiger partial charge in [0.2, 0.25) is 0 Å². The first-order chi connectivity index (χ1) is 9.72. The molecule has 21 heavy (non-hydrogen) atoms. The summed E-state index contributed by atoms with van der Waals surface area (Å²) in [5.41, 5.74) is -0.686. The van der Waals surface area contributed by atoms with E-state index in [1.54, 1.807) is 0 Å². The molecule has 0 aliphatic carbocycles. The van der Waals surface area contributed by atoms with Crippen molar-refractivity contribution in [2.75, 3.05) is 33.3 Å². The van der Waals surface area contributed by atoms with Crippen LogP contribution in [0.25, 0.3) is 0 Å². The number of hydrogen-bond acceptors (Lipinski definition) is 5. The lowest BCUT2D eigenvalue weighted by Gasteiger charge is -2.42. The van der Waals surface area contributed by atoms with Gasteiger partial charge in [-0.05, 0) is 61.1 Å². The largest absolute Gasteiger partial charge is 0.465 e. The molecule has 0 aromatic carbocycles. The van der Waals surface area contributed by atoms with Crippen molar-refractivity contribution in [1.29, 1.82) is 0 Å². The number of rotatable bonds is 7. The zero-order valence-corrected chi connectivity index (χ0v) is 14.5. The van der Waals surface area contributed by atoms with Crippen molar-refractivity contribution >= 4 is 5.97 Å². The highest BCUT2D eigenvalue weighted by Crippen LogP contribution is 2.22. The van der Waals surface area contributed by atoms with Gasteiger partial charge >= 0.3 is 5.97 Å². The summed E-state index contributed by atoms with van der Waals surface area (Å²) in [7, 11) is 1.82. The maximum absolute atomic E-state index is 12.0. The smallest absolute Gasteiger partial charge is 0.326 e. The summed E-state index contributed by atoms with van der Waals surface area (Å²) >= 11 is 0. The highest BCUT2D eigenvalue weighted by Gasteiger charge is 2.34. The van der Waals surface area contributed by atoms with Crippen molar-refractivity contribution in [3.63, 3.8) is 0 Å². The first kappa shape index (κ1) is 18.4. The van der Waals surface area contributed by atoms with Crippen molar-refractivity contribution in [3.8, 4) is 0 Å². The molecule has 1 rings (SSSR count). The van der Waals surface area contributed by atoms with E-state index in [2.05, 4.69) is 31.0 Å². The molecule has 0 aromatic rings. The van der Waals surface area contributed by atoms with Gasteiger partial charge in [-0.3, -0.25) is 9.69 Å². The summed E-state index contributed by atoms with van der Waals surface area (Å²) in [6.45, 7) is 13.4. The van der Waals surface area contributed by atoms with E-state index >= 15 is 0 Å². The highest BCUT2D eigenvalue weighted by molar-refractivity contribution is 5.80. The maximum atomic E-state index is 12.0. The Kier molecular flexibility index (Phi) is 6.63. The topological polar surface area (TPSA) is 50.8 Å². The van der Waals surface area contributed by atoms with Crippen LogP contribution >= 0.6 is 0 Å². The van der Waals surface area contributed by atoms with Gasteiger partial charge in [-0.2, -0.15) is 0 Å². The first-order valence-electron chi connectivity index (χ1n) is 7.99. The normalized spacial score (nSPS) is 25.3. The summed E-state index contributed by atoms with van der Waals surface area (Å²) in [4.78, 5) is 14.4. The Morgan fingerprint density at radius 1 is 1.52 bits per heavy atom. The lowest BCUT2D eigenvalue weighted by atomic mass is 9.95. The van der Waals surface area contributed by atoms with Gasteiger partial charge in [0.05, 0.1) is 18.3 Å². The van der Waals surface area contributed by atoms with E-state index in [9.17, 15) is 4.79 Å². The van der Waals surface area contributed by atoms with Crippen LogP contribution in [0.2, 0.25) is 0 Å². The molecule has 0 radical (unpaired) electrons. The SMILES string of the molecule is CCOC(=O)C(C)(CCCN1CC(C)OC(C)(C)C1)NC. The molecule has 1 saturated heterocycles. The standard InChI is InChI=1S/C16H32N2O3/c1-7-20-14(19)16(5,17-6)9-8-10-18-11-13(2)21-15(3,4)12-18/h13,17H,7-12H2,1-6H3. The van der Waals surface area contributed by atoms with Gasteiger partial charge in [0.1, 0.15) is 5.54 Å². The third-order valence-corrected chi connectivity index (χ3v) is 4.07. The number of likely N-dealkylation sites (N-methyl/N-ethyl adjacent to an activating group) is 1. The van der Waals surface area contributed by atoms with Gasteiger partial charge in [0.15, 0.2) is 0 Å². The molecule has 1 N–H and O–H groups in total. The van der Waals surface area contributed by atoms with Crippen molar-refractivity contribution in [3.05, 3.63) is 0 Å². The van der Waals surface area contributed by atoms with Gasteiger partial charge in [-0.15, -0.1) is 0 Å². The van der Waals surface area contributed by atoms with Gasteiger partial charge in [0.25, 0.3) is 0 Å². The number of nitrogens with zero attached hydrogens (tertiary/aromatic N) is 1. The van der Waals surface area contributed by atoms with E-state index < -0.39 is 5.54 Å². The van der Waals surface area contributed by atoms with Crippen LogP contribution in [0.4, 0.5) is 0 Å². The van der Waals surface area contributed by atoms with Crippen LogP contribution in [0.3, 0.4) is 0 Å². The minimum Gasteiger partial charge on any atom is -0.465 e. The van der Waals surface area contributed by atoms with E-state index in [1.165, 1.54) is 0 Å². The Hall–Kier alpha value is -0.650. The quantitative estimate of drug-likeness (QED) is 0.727. The monoisotopic (exact) mass is 300 g/mol. The number of morpholine rings is 1. The minimum absolute atomic E-state index is 0.0921. The van der Waals surface area contributed by atoms with Gasteiger partial charge in [-0.25, -0.2) is 0 Å². The number of nitrogens with one attached hydrogen (secondary N) is 1. The maximum Gasteiger partial charge on any atom is 0.326 e. The third-order valence-electron chi connectivity index (χ3n) is 4.07. The summed E-state index contributed by atoms with van der Waals surface area (Å²) in [5, 5.41) is 3.11. The molecule has 1 fully saturated rings. The van der Waals surface area contributed by atoms with Gasteiger partial charge in [-0.1, -0.05) is 0 Å². The average molecular weight is 300 g/mol. The molecule has 1 aliphatic rings. The molecule has 0 saturated carbocycles. The zero-order chi connectivity index (χ0) is 16.1. The van der Waals surface area contributed by atoms with Crippen LogP contribution in [-0.2, 0) is 14.3 Å². The number of esters is 1. The molecular formula is C16H32N2O3. The molecule has 2 unspecified atom stereocenters. The van der Waals surface area contributed by atoms with Crippen LogP contribution in [0.5, 0.6) is 0 Å². The fourth-order valence-electron chi connectivity index (χ4n) is 3.03. The molecule has 0 aromatic heterocycles. The molecule has 124 valence electrons. The number of carbonyl (C=O) groups excluding carboxylic acids is 1. The summed E-state index contributed by atoms with van der Waals surface area (Å²) in [6, 6.07) is 0. The van der Waals surface area contributed by atoms with Crippen LogP contribution in [0.1, 0.15) is 47.5 Å². The molecule has 0 amide bonds. The average Bonchev–Trinajstić information content (AvgIpc) is 2.36. The second kappa shape index (κ2) is 7.56.